The molecule has 1 amide bonds. The molecule has 6 heteroatoms. The molecule has 0 saturated heterocycles. The molecule has 0 aliphatic heterocycles. The zero-order chi connectivity index (χ0) is 15.7. The van der Waals surface area contributed by atoms with Crippen LogP contribution in [0.4, 0.5) is 5.13 Å². The third-order valence-electron chi connectivity index (χ3n) is 4.11. The van der Waals surface area contributed by atoms with Gasteiger partial charge >= 0.3 is 0 Å². The van der Waals surface area contributed by atoms with Crippen molar-refractivity contribution in [3.05, 3.63) is 11.1 Å². The molecule has 0 aromatic carbocycles. The van der Waals surface area contributed by atoms with Gasteiger partial charge in [-0.15, -0.1) is 11.3 Å². The summed E-state index contributed by atoms with van der Waals surface area (Å²) in [6.07, 6.45) is 4.62. The van der Waals surface area contributed by atoms with Gasteiger partial charge in [-0.2, -0.15) is 0 Å². The predicted octanol–water partition coefficient (Wildman–Crippen LogP) is 3.62. The Morgan fingerprint density at radius 2 is 2.00 bits per heavy atom. The number of thiazole rings is 1. The smallest absolute Gasteiger partial charge is 0.239 e. The van der Waals surface area contributed by atoms with Crippen molar-refractivity contribution >= 4 is 39.6 Å². The van der Waals surface area contributed by atoms with Gasteiger partial charge in [-0.1, -0.05) is 52.3 Å². The van der Waals surface area contributed by atoms with Gasteiger partial charge in [0, 0.05) is 10.8 Å². The predicted molar refractivity (Wildman–Crippen MR) is 91.7 cm³/mol. The maximum absolute atomic E-state index is 12.7. The molecule has 1 aliphatic carbocycles. The second-order valence-electron chi connectivity index (χ2n) is 6.75. The van der Waals surface area contributed by atoms with E-state index < -0.39 is 5.41 Å². The van der Waals surface area contributed by atoms with Crippen LogP contribution in [0.3, 0.4) is 0 Å². The molecule has 1 aromatic heterocycles. The molecule has 0 spiro atoms. The minimum Gasteiger partial charge on any atom is -0.392 e. The number of aromatic nitrogens is 1. The molecule has 3 N–H and O–H groups in total. The highest BCUT2D eigenvalue weighted by molar-refractivity contribution is 7.80. The van der Waals surface area contributed by atoms with Gasteiger partial charge in [-0.3, -0.25) is 4.79 Å². The SMILES string of the molecule is CC(C)(C)c1csc(NC(=O)C2(C(N)=S)CCCCC2)n1. The number of nitrogens with two attached hydrogens (primary N) is 1. The number of carbonyl (C=O) groups excluding carboxylic acids is 1. The van der Waals surface area contributed by atoms with E-state index in [0.29, 0.717) is 10.1 Å². The summed E-state index contributed by atoms with van der Waals surface area (Å²) in [5.74, 6) is -0.0930. The van der Waals surface area contributed by atoms with Crippen molar-refractivity contribution in [1.82, 2.24) is 4.98 Å². The largest absolute Gasteiger partial charge is 0.392 e. The Kier molecular flexibility index (Phi) is 4.68. The Balaban J connectivity index is 2.16. The van der Waals surface area contributed by atoms with E-state index in [-0.39, 0.29) is 11.3 Å². The van der Waals surface area contributed by atoms with E-state index in [4.69, 9.17) is 18.0 Å². The van der Waals surface area contributed by atoms with Gasteiger partial charge in [0.1, 0.15) is 0 Å². The summed E-state index contributed by atoms with van der Waals surface area (Å²) in [4.78, 5) is 17.5. The lowest BCUT2D eigenvalue weighted by molar-refractivity contribution is -0.123. The first-order valence-electron chi connectivity index (χ1n) is 7.33. The highest BCUT2D eigenvalue weighted by atomic mass is 32.1. The van der Waals surface area contributed by atoms with Crippen LogP contribution in [0.5, 0.6) is 0 Å². The second kappa shape index (κ2) is 6.01. The highest BCUT2D eigenvalue weighted by Crippen LogP contribution is 2.38. The quantitative estimate of drug-likeness (QED) is 0.833. The van der Waals surface area contributed by atoms with E-state index in [1.807, 2.05) is 5.38 Å². The van der Waals surface area contributed by atoms with E-state index in [2.05, 4.69) is 31.1 Å². The number of hydrogen-bond donors (Lipinski definition) is 2. The number of hydrogen-bond acceptors (Lipinski definition) is 4. The number of carbonyl (C=O) groups is 1. The molecule has 0 radical (unpaired) electrons. The zero-order valence-corrected chi connectivity index (χ0v) is 14.5. The maximum Gasteiger partial charge on any atom is 0.239 e. The Morgan fingerprint density at radius 3 is 2.48 bits per heavy atom. The normalized spacial score (nSPS) is 18.2. The molecule has 0 unspecified atom stereocenters. The van der Waals surface area contributed by atoms with Gasteiger partial charge in [0.25, 0.3) is 0 Å². The van der Waals surface area contributed by atoms with Crippen LogP contribution >= 0.6 is 23.6 Å². The molecule has 21 heavy (non-hydrogen) atoms. The summed E-state index contributed by atoms with van der Waals surface area (Å²) in [6.45, 7) is 6.31. The monoisotopic (exact) mass is 325 g/mol. The lowest BCUT2D eigenvalue weighted by atomic mass is 9.73. The van der Waals surface area contributed by atoms with Gasteiger partial charge < -0.3 is 11.1 Å². The van der Waals surface area contributed by atoms with Crippen LogP contribution in [0.1, 0.15) is 58.6 Å². The molecule has 1 aliphatic rings. The lowest BCUT2D eigenvalue weighted by Crippen LogP contribution is -2.47. The fourth-order valence-corrected chi connectivity index (χ4v) is 3.86. The molecule has 2 rings (SSSR count). The summed E-state index contributed by atoms with van der Waals surface area (Å²) < 4.78 is 0. The summed E-state index contributed by atoms with van der Waals surface area (Å²) >= 11 is 6.64. The third kappa shape index (κ3) is 3.43. The standard InChI is InChI=1S/C15H23N3OS2/c1-14(2,3)10-9-21-13(17-10)18-12(19)15(11(16)20)7-5-4-6-8-15/h9H,4-8H2,1-3H3,(H2,16,20)(H,17,18,19). The van der Waals surface area contributed by atoms with Crippen LogP contribution < -0.4 is 11.1 Å². The number of thiocarbonyl (C=S) groups is 1. The van der Waals surface area contributed by atoms with Gasteiger partial charge in [0.05, 0.1) is 16.1 Å². The first-order chi connectivity index (χ1) is 9.75. The molecule has 116 valence electrons. The average Bonchev–Trinajstić information content (AvgIpc) is 2.87. The van der Waals surface area contributed by atoms with E-state index in [1.54, 1.807) is 0 Å². The fourth-order valence-electron chi connectivity index (χ4n) is 2.63. The van der Waals surface area contributed by atoms with Crippen molar-refractivity contribution in [2.75, 3.05) is 5.32 Å². The topological polar surface area (TPSA) is 68.0 Å². The fraction of sp³-hybridized carbons (Fsp3) is 0.667. The van der Waals surface area contributed by atoms with Crippen LogP contribution in [-0.4, -0.2) is 15.9 Å². The minimum atomic E-state index is -0.693. The van der Waals surface area contributed by atoms with Crippen molar-refractivity contribution < 1.29 is 4.79 Å². The summed E-state index contributed by atoms with van der Waals surface area (Å²) in [7, 11) is 0. The molecule has 1 fully saturated rings. The van der Waals surface area contributed by atoms with E-state index in [1.165, 1.54) is 11.3 Å². The number of nitrogens with zero attached hydrogens (tertiary/aromatic N) is 1. The van der Waals surface area contributed by atoms with Crippen LogP contribution in [0.15, 0.2) is 5.38 Å². The van der Waals surface area contributed by atoms with Crippen LogP contribution in [0.2, 0.25) is 0 Å². The molecule has 4 nitrogen and oxygen atoms in total. The lowest BCUT2D eigenvalue weighted by Gasteiger charge is -2.34. The Morgan fingerprint density at radius 1 is 1.38 bits per heavy atom. The van der Waals surface area contributed by atoms with Gasteiger partial charge in [0.2, 0.25) is 5.91 Å². The molecule has 1 saturated carbocycles. The van der Waals surface area contributed by atoms with Crippen molar-refractivity contribution in [2.24, 2.45) is 11.1 Å². The van der Waals surface area contributed by atoms with Gasteiger partial charge in [0.15, 0.2) is 5.13 Å². The summed E-state index contributed by atoms with van der Waals surface area (Å²) in [5.41, 5.74) is 6.15. The molecule has 1 heterocycles. The third-order valence-corrected chi connectivity index (χ3v) is 5.25. The number of amides is 1. The minimum absolute atomic E-state index is 0.0226. The highest BCUT2D eigenvalue weighted by Gasteiger charge is 2.42. The van der Waals surface area contributed by atoms with Crippen molar-refractivity contribution in [3.63, 3.8) is 0 Å². The van der Waals surface area contributed by atoms with E-state index >= 15 is 0 Å². The molecule has 1 aromatic rings. The second-order valence-corrected chi connectivity index (χ2v) is 8.05. The number of nitrogens with one attached hydrogen (secondary N) is 1. The Labute approximate surface area is 135 Å². The first-order valence-corrected chi connectivity index (χ1v) is 8.62. The first kappa shape index (κ1) is 16.4. The maximum atomic E-state index is 12.7. The molecule has 0 atom stereocenters. The Hall–Kier alpha value is -1.01. The van der Waals surface area contributed by atoms with Crippen LogP contribution in [0, 0.1) is 5.41 Å². The van der Waals surface area contributed by atoms with Crippen molar-refractivity contribution in [3.8, 4) is 0 Å². The van der Waals surface area contributed by atoms with Crippen LogP contribution in [0.25, 0.3) is 0 Å². The van der Waals surface area contributed by atoms with Gasteiger partial charge in [-0.05, 0) is 12.8 Å². The summed E-state index contributed by atoms with van der Waals surface area (Å²) in [6, 6.07) is 0. The summed E-state index contributed by atoms with van der Waals surface area (Å²) in [5, 5.41) is 5.55. The van der Waals surface area contributed by atoms with Crippen molar-refractivity contribution in [1.29, 1.82) is 0 Å². The number of anilines is 1. The zero-order valence-electron chi connectivity index (χ0n) is 12.9. The van der Waals surface area contributed by atoms with Crippen LogP contribution in [-0.2, 0) is 10.2 Å². The van der Waals surface area contributed by atoms with E-state index in [0.717, 1.165) is 37.8 Å². The van der Waals surface area contributed by atoms with Gasteiger partial charge in [-0.25, -0.2) is 4.98 Å². The molecular formula is C15H23N3OS2. The van der Waals surface area contributed by atoms with E-state index in [9.17, 15) is 4.79 Å². The van der Waals surface area contributed by atoms with Crippen molar-refractivity contribution in [2.45, 2.75) is 58.3 Å². The number of rotatable bonds is 3. The Bertz CT molecular complexity index is 539. The molecule has 0 bridgehead atoms. The average molecular weight is 326 g/mol. The molecular weight excluding hydrogens is 302 g/mol.